The topological polar surface area (TPSA) is 55.0 Å². The smallest absolute Gasteiger partial charge is 0.333 e. The van der Waals surface area contributed by atoms with Crippen molar-refractivity contribution in [1.29, 1.82) is 0 Å². The summed E-state index contributed by atoms with van der Waals surface area (Å²) in [5, 5.41) is 0. The highest BCUT2D eigenvalue weighted by atomic mass is 16.5. The Bertz CT molecular complexity index is 396. The first-order chi connectivity index (χ1) is 8.04. The Morgan fingerprint density at radius 2 is 2.35 bits per heavy atom. The molecule has 0 bridgehead atoms. The molecule has 0 spiro atoms. The second kappa shape index (κ2) is 6.23. The first-order valence-corrected chi connectivity index (χ1v) is 5.94. The van der Waals surface area contributed by atoms with Crippen LogP contribution in [0.3, 0.4) is 0 Å². The number of H-pyrrole nitrogens is 1. The van der Waals surface area contributed by atoms with Gasteiger partial charge in [-0.25, -0.2) is 9.78 Å². The maximum Gasteiger partial charge on any atom is 0.333 e. The molecule has 1 aromatic heterocycles. The van der Waals surface area contributed by atoms with Crippen molar-refractivity contribution in [2.75, 3.05) is 0 Å². The van der Waals surface area contributed by atoms with Gasteiger partial charge >= 0.3 is 5.97 Å². The molecule has 1 rings (SSSR count). The van der Waals surface area contributed by atoms with Crippen molar-refractivity contribution in [2.45, 2.75) is 46.1 Å². The molecule has 1 aromatic rings. The number of aromatic amines is 1. The number of aryl methyl sites for hydroxylation is 1. The highest BCUT2D eigenvalue weighted by Crippen LogP contribution is 2.16. The van der Waals surface area contributed by atoms with Crippen molar-refractivity contribution in [3.8, 4) is 0 Å². The minimum atomic E-state index is -0.373. The first-order valence-electron chi connectivity index (χ1n) is 5.94. The van der Waals surface area contributed by atoms with Crippen LogP contribution in [0, 0.1) is 0 Å². The van der Waals surface area contributed by atoms with Crippen LogP contribution >= 0.6 is 0 Å². The molecule has 0 fully saturated rings. The second-order valence-electron chi connectivity index (χ2n) is 4.22. The van der Waals surface area contributed by atoms with Gasteiger partial charge in [-0.2, -0.15) is 0 Å². The lowest BCUT2D eigenvalue weighted by Crippen LogP contribution is -2.09. The second-order valence-corrected chi connectivity index (χ2v) is 4.22. The molecule has 0 aliphatic heterocycles. The Labute approximate surface area is 102 Å². The number of hydrogen-bond donors (Lipinski definition) is 1. The lowest BCUT2D eigenvalue weighted by atomic mass is 10.2. The van der Waals surface area contributed by atoms with Crippen molar-refractivity contribution in [1.82, 2.24) is 9.97 Å². The van der Waals surface area contributed by atoms with Gasteiger partial charge in [0.2, 0.25) is 0 Å². The third-order valence-electron chi connectivity index (χ3n) is 2.49. The maximum atomic E-state index is 11.3. The predicted octanol–water partition coefficient (Wildman–Crippen LogP) is 2.93. The van der Waals surface area contributed by atoms with Crippen LogP contribution in [-0.4, -0.2) is 15.9 Å². The molecule has 1 N–H and O–H groups in total. The maximum absolute atomic E-state index is 11.3. The van der Waals surface area contributed by atoms with E-state index in [0.29, 0.717) is 5.57 Å². The fourth-order valence-corrected chi connectivity index (χ4v) is 1.38. The number of esters is 1. The molecule has 0 radical (unpaired) electrons. The lowest BCUT2D eigenvalue weighted by molar-refractivity contribution is -0.143. The van der Waals surface area contributed by atoms with Crippen LogP contribution in [0.5, 0.6) is 0 Å². The van der Waals surface area contributed by atoms with Crippen LogP contribution in [0.2, 0.25) is 0 Å². The van der Waals surface area contributed by atoms with Crippen LogP contribution in [-0.2, 0) is 16.0 Å². The Kier molecular flexibility index (Phi) is 4.94. The summed E-state index contributed by atoms with van der Waals surface area (Å²) in [7, 11) is 0. The Balaban J connectivity index is 2.57. The molecule has 4 heteroatoms. The van der Waals surface area contributed by atoms with Crippen LogP contribution in [0.25, 0.3) is 0 Å². The van der Waals surface area contributed by atoms with Crippen molar-refractivity contribution in [2.24, 2.45) is 0 Å². The number of imidazole rings is 1. The Morgan fingerprint density at radius 1 is 1.65 bits per heavy atom. The summed E-state index contributed by atoms with van der Waals surface area (Å²) in [5.74, 6) is 0.572. The highest BCUT2D eigenvalue weighted by Gasteiger charge is 2.14. The van der Waals surface area contributed by atoms with Gasteiger partial charge in [-0.15, -0.1) is 0 Å². The van der Waals surface area contributed by atoms with Gasteiger partial charge in [0.05, 0.1) is 11.9 Å². The van der Waals surface area contributed by atoms with E-state index < -0.39 is 0 Å². The molecule has 0 aliphatic rings. The summed E-state index contributed by atoms with van der Waals surface area (Å²) in [5.41, 5.74) is 1.23. The average molecular weight is 236 g/mol. The minimum Gasteiger partial charge on any atom is -0.453 e. The Morgan fingerprint density at radius 3 is 2.94 bits per heavy atom. The zero-order valence-corrected chi connectivity index (χ0v) is 10.7. The zero-order valence-electron chi connectivity index (χ0n) is 10.7. The number of carbonyl (C=O) groups excluding carboxylic acids is 1. The number of aromatic nitrogens is 2. The summed E-state index contributed by atoms with van der Waals surface area (Å²) in [6, 6.07) is 0. The summed E-state index contributed by atoms with van der Waals surface area (Å²) >= 11 is 0. The number of unbranched alkanes of at least 4 members (excludes halogenated alkanes) is 1. The van der Waals surface area contributed by atoms with E-state index in [-0.39, 0.29) is 12.1 Å². The molecular weight excluding hydrogens is 216 g/mol. The van der Waals surface area contributed by atoms with Crippen molar-refractivity contribution in [3.05, 3.63) is 29.9 Å². The summed E-state index contributed by atoms with van der Waals surface area (Å²) in [6.07, 6.45) is 4.57. The first kappa shape index (κ1) is 13.5. The minimum absolute atomic E-state index is 0.318. The molecule has 1 unspecified atom stereocenters. The van der Waals surface area contributed by atoms with Crippen LogP contribution < -0.4 is 0 Å². The van der Waals surface area contributed by atoms with E-state index in [1.807, 2.05) is 6.92 Å². The molecule has 0 saturated carbocycles. The molecular formula is C13H20N2O2. The van der Waals surface area contributed by atoms with E-state index in [0.717, 1.165) is 30.8 Å². The average Bonchev–Trinajstić information content (AvgIpc) is 2.74. The number of nitrogens with zero attached hydrogens (tertiary/aromatic N) is 1. The number of carbonyl (C=O) groups is 1. The Hall–Kier alpha value is -1.58. The standard InChI is InChI=1S/C13H20N2O2/c1-5-6-7-12-14-8-11(15-12)10(4)17-13(16)9(2)3/h8,10H,2,5-7H2,1,3-4H3,(H,14,15). The number of hydrogen-bond acceptors (Lipinski definition) is 3. The highest BCUT2D eigenvalue weighted by molar-refractivity contribution is 5.87. The van der Waals surface area contributed by atoms with Crippen LogP contribution in [0.1, 0.15) is 51.2 Å². The van der Waals surface area contributed by atoms with Gasteiger partial charge < -0.3 is 9.72 Å². The molecule has 0 aromatic carbocycles. The van der Waals surface area contributed by atoms with E-state index in [1.165, 1.54) is 0 Å². The molecule has 0 aliphatic carbocycles. The summed E-state index contributed by atoms with van der Waals surface area (Å²) < 4.78 is 5.21. The summed E-state index contributed by atoms with van der Waals surface area (Å²) in [6.45, 7) is 9.14. The van der Waals surface area contributed by atoms with E-state index >= 15 is 0 Å². The van der Waals surface area contributed by atoms with E-state index in [1.54, 1.807) is 13.1 Å². The molecule has 94 valence electrons. The molecule has 0 saturated heterocycles. The third kappa shape index (κ3) is 4.06. The van der Waals surface area contributed by atoms with Crippen LogP contribution in [0.15, 0.2) is 18.3 Å². The molecule has 0 amide bonds. The largest absolute Gasteiger partial charge is 0.453 e. The van der Waals surface area contributed by atoms with Gasteiger partial charge in [-0.1, -0.05) is 19.9 Å². The van der Waals surface area contributed by atoms with E-state index in [9.17, 15) is 4.79 Å². The fraction of sp³-hybridized carbons (Fsp3) is 0.538. The monoisotopic (exact) mass is 236 g/mol. The quantitative estimate of drug-likeness (QED) is 0.610. The normalized spacial score (nSPS) is 12.2. The van der Waals surface area contributed by atoms with Gasteiger partial charge in [0.25, 0.3) is 0 Å². The van der Waals surface area contributed by atoms with Crippen molar-refractivity contribution < 1.29 is 9.53 Å². The van der Waals surface area contributed by atoms with E-state index in [2.05, 4.69) is 23.5 Å². The lowest BCUT2D eigenvalue weighted by Gasteiger charge is -2.10. The van der Waals surface area contributed by atoms with Crippen molar-refractivity contribution in [3.63, 3.8) is 0 Å². The molecule has 1 atom stereocenters. The van der Waals surface area contributed by atoms with Gasteiger partial charge in [-0.3, -0.25) is 0 Å². The summed E-state index contributed by atoms with van der Waals surface area (Å²) in [4.78, 5) is 18.8. The zero-order chi connectivity index (χ0) is 12.8. The number of ether oxygens (including phenoxy) is 1. The number of nitrogens with one attached hydrogen (secondary N) is 1. The fourth-order valence-electron chi connectivity index (χ4n) is 1.38. The van der Waals surface area contributed by atoms with Crippen LogP contribution in [0.4, 0.5) is 0 Å². The van der Waals surface area contributed by atoms with Gasteiger partial charge in [-0.05, 0) is 20.3 Å². The van der Waals surface area contributed by atoms with Gasteiger partial charge in [0.1, 0.15) is 11.9 Å². The van der Waals surface area contributed by atoms with Gasteiger partial charge in [0.15, 0.2) is 0 Å². The number of rotatable bonds is 6. The van der Waals surface area contributed by atoms with Crippen molar-refractivity contribution >= 4 is 5.97 Å². The molecule has 1 heterocycles. The molecule has 4 nitrogen and oxygen atoms in total. The van der Waals surface area contributed by atoms with E-state index in [4.69, 9.17) is 4.74 Å². The predicted molar refractivity (Wildman–Crippen MR) is 66.5 cm³/mol. The molecule has 17 heavy (non-hydrogen) atoms. The third-order valence-corrected chi connectivity index (χ3v) is 2.49. The van der Waals surface area contributed by atoms with Gasteiger partial charge in [0, 0.05) is 12.0 Å². The SMILES string of the molecule is C=C(C)C(=O)OC(C)c1cnc(CCCC)[nH]1.